The lowest BCUT2D eigenvalue weighted by molar-refractivity contribution is -0.222. The fraction of sp³-hybridized carbons (Fsp3) is 0.778. The summed E-state index contributed by atoms with van der Waals surface area (Å²) < 4.78 is 23.7. The number of hydrogen-bond acceptors (Lipinski definition) is 7. The molecule has 0 saturated carbocycles. The predicted octanol–water partition coefficient (Wildman–Crippen LogP) is 1.06. The highest BCUT2D eigenvalue weighted by Crippen LogP contribution is 2.27. The van der Waals surface area contributed by atoms with Crippen molar-refractivity contribution in [3.63, 3.8) is 0 Å². The van der Waals surface area contributed by atoms with E-state index in [1.807, 2.05) is 0 Å². The Labute approximate surface area is 92.5 Å². The van der Waals surface area contributed by atoms with E-state index in [0.717, 1.165) is 0 Å². The molecule has 0 aromatic heterocycles. The zero-order chi connectivity index (χ0) is 12.0. The molecule has 0 aliphatic carbocycles. The topological polar surface area (TPSA) is 80.3 Å². The van der Waals surface area contributed by atoms with E-state index in [4.69, 9.17) is 14.2 Å². The Morgan fingerprint density at radius 1 is 1.00 bits per heavy atom. The number of carbonyl (C=O) groups excluding carboxylic acids is 2. The lowest BCUT2D eigenvalue weighted by Gasteiger charge is -2.34. The molecule has 0 aromatic carbocycles. The Kier molecular flexibility index (Phi) is 4.36. The van der Waals surface area contributed by atoms with Crippen molar-refractivity contribution in [1.29, 1.82) is 0 Å². The van der Waals surface area contributed by atoms with Gasteiger partial charge in [-0.3, -0.25) is 0 Å². The zero-order valence-corrected chi connectivity index (χ0v) is 9.19. The van der Waals surface area contributed by atoms with E-state index < -0.39 is 18.1 Å². The van der Waals surface area contributed by atoms with Gasteiger partial charge in [0.25, 0.3) is 5.79 Å². The van der Waals surface area contributed by atoms with Crippen LogP contribution in [0.25, 0.3) is 0 Å². The summed E-state index contributed by atoms with van der Waals surface area (Å²) in [4.78, 5) is 22.1. The summed E-state index contributed by atoms with van der Waals surface area (Å²) in [5, 5.41) is 0. The van der Waals surface area contributed by atoms with E-state index in [1.165, 1.54) is 14.2 Å². The molecule has 1 aliphatic heterocycles. The standard InChI is InChI=1S/C9H14O7/c1-12-7(10)15-9(16-8(11)13-2)3-5-14-6-4-9/h3-6H2,1-2H3. The van der Waals surface area contributed by atoms with Gasteiger partial charge in [-0.15, -0.1) is 0 Å². The third kappa shape index (κ3) is 3.27. The molecule has 0 N–H and O–H groups in total. The molecule has 0 bridgehead atoms. The van der Waals surface area contributed by atoms with Crippen LogP contribution in [0.2, 0.25) is 0 Å². The number of hydrogen-bond donors (Lipinski definition) is 0. The summed E-state index contributed by atoms with van der Waals surface area (Å²) in [5.74, 6) is -1.35. The maximum Gasteiger partial charge on any atom is 0.511 e. The minimum Gasteiger partial charge on any atom is -0.438 e. The highest BCUT2D eigenvalue weighted by Gasteiger charge is 2.41. The largest absolute Gasteiger partial charge is 0.511 e. The van der Waals surface area contributed by atoms with Crippen LogP contribution in [0.3, 0.4) is 0 Å². The monoisotopic (exact) mass is 234 g/mol. The van der Waals surface area contributed by atoms with E-state index >= 15 is 0 Å². The number of methoxy groups -OCH3 is 2. The summed E-state index contributed by atoms with van der Waals surface area (Å²) >= 11 is 0. The summed E-state index contributed by atoms with van der Waals surface area (Å²) in [6, 6.07) is 0. The predicted molar refractivity (Wildman–Crippen MR) is 49.8 cm³/mol. The van der Waals surface area contributed by atoms with Crippen LogP contribution in [0.1, 0.15) is 12.8 Å². The molecule has 0 amide bonds. The van der Waals surface area contributed by atoms with Crippen LogP contribution in [0.5, 0.6) is 0 Å². The van der Waals surface area contributed by atoms with Crippen molar-refractivity contribution in [2.75, 3.05) is 27.4 Å². The second-order valence-electron chi connectivity index (χ2n) is 3.14. The Hall–Kier alpha value is -1.50. The molecule has 7 nitrogen and oxygen atoms in total. The van der Waals surface area contributed by atoms with E-state index in [0.29, 0.717) is 13.2 Å². The average molecular weight is 234 g/mol. The van der Waals surface area contributed by atoms with Gasteiger partial charge in [-0.25, -0.2) is 9.59 Å². The first-order valence-corrected chi connectivity index (χ1v) is 4.73. The van der Waals surface area contributed by atoms with E-state index in [-0.39, 0.29) is 12.8 Å². The van der Waals surface area contributed by atoms with Crippen LogP contribution in [0.15, 0.2) is 0 Å². The van der Waals surface area contributed by atoms with E-state index in [9.17, 15) is 9.59 Å². The third-order valence-corrected chi connectivity index (χ3v) is 2.13. The van der Waals surface area contributed by atoms with Gasteiger partial charge in [0.05, 0.1) is 27.4 Å². The lowest BCUT2D eigenvalue weighted by Crippen LogP contribution is -2.44. The Morgan fingerprint density at radius 2 is 1.44 bits per heavy atom. The fourth-order valence-electron chi connectivity index (χ4n) is 1.29. The van der Waals surface area contributed by atoms with Gasteiger partial charge >= 0.3 is 12.3 Å². The van der Waals surface area contributed by atoms with Crippen LogP contribution in [-0.4, -0.2) is 45.5 Å². The molecule has 1 saturated heterocycles. The summed E-state index contributed by atoms with van der Waals surface area (Å²) in [5.41, 5.74) is 0. The van der Waals surface area contributed by atoms with Crippen molar-refractivity contribution in [3.05, 3.63) is 0 Å². The molecule has 16 heavy (non-hydrogen) atoms. The van der Waals surface area contributed by atoms with Crippen molar-refractivity contribution in [1.82, 2.24) is 0 Å². The van der Waals surface area contributed by atoms with Gasteiger partial charge in [0, 0.05) is 12.8 Å². The molecule has 1 fully saturated rings. The molecule has 0 unspecified atom stereocenters. The van der Waals surface area contributed by atoms with Crippen molar-refractivity contribution in [2.24, 2.45) is 0 Å². The second-order valence-corrected chi connectivity index (χ2v) is 3.14. The molecule has 1 rings (SSSR count). The number of ether oxygens (including phenoxy) is 5. The summed E-state index contributed by atoms with van der Waals surface area (Å²) in [7, 11) is 2.35. The molecular formula is C9H14O7. The van der Waals surface area contributed by atoms with Crippen LogP contribution < -0.4 is 0 Å². The SMILES string of the molecule is COC(=O)OC1(OC(=O)OC)CCOCC1. The van der Waals surface area contributed by atoms with Gasteiger partial charge in [0.1, 0.15) is 0 Å². The normalized spacial score (nSPS) is 18.4. The quantitative estimate of drug-likeness (QED) is 0.522. The maximum atomic E-state index is 11.0. The molecule has 0 spiro atoms. The van der Waals surface area contributed by atoms with Crippen molar-refractivity contribution in [3.8, 4) is 0 Å². The average Bonchev–Trinajstić information content (AvgIpc) is 2.29. The minimum atomic E-state index is -1.35. The van der Waals surface area contributed by atoms with Crippen LogP contribution in [-0.2, 0) is 23.7 Å². The van der Waals surface area contributed by atoms with Gasteiger partial charge in [-0.2, -0.15) is 0 Å². The molecule has 0 atom stereocenters. The zero-order valence-electron chi connectivity index (χ0n) is 9.19. The van der Waals surface area contributed by atoms with Crippen molar-refractivity contribution < 1.29 is 33.3 Å². The molecule has 92 valence electrons. The maximum absolute atomic E-state index is 11.0. The first-order chi connectivity index (χ1) is 7.62. The fourth-order valence-corrected chi connectivity index (χ4v) is 1.29. The second kappa shape index (κ2) is 5.55. The van der Waals surface area contributed by atoms with Gasteiger partial charge in [-0.1, -0.05) is 0 Å². The smallest absolute Gasteiger partial charge is 0.438 e. The summed E-state index contributed by atoms with van der Waals surface area (Å²) in [6.45, 7) is 0.655. The highest BCUT2D eigenvalue weighted by molar-refractivity contribution is 5.62. The molecule has 7 heteroatoms. The van der Waals surface area contributed by atoms with Crippen molar-refractivity contribution in [2.45, 2.75) is 18.6 Å². The number of carbonyl (C=O) groups is 2. The molecule has 0 aromatic rings. The Bertz CT molecular complexity index is 237. The van der Waals surface area contributed by atoms with E-state index in [2.05, 4.69) is 9.47 Å². The molecule has 1 heterocycles. The van der Waals surface area contributed by atoms with E-state index in [1.54, 1.807) is 0 Å². The molecule has 0 radical (unpaired) electrons. The van der Waals surface area contributed by atoms with Gasteiger partial charge in [0.2, 0.25) is 0 Å². The minimum absolute atomic E-state index is 0.247. The lowest BCUT2D eigenvalue weighted by atomic mass is 10.1. The van der Waals surface area contributed by atoms with Gasteiger partial charge < -0.3 is 23.7 Å². The van der Waals surface area contributed by atoms with Crippen LogP contribution in [0.4, 0.5) is 9.59 Å². The Balaban J connectivity index is 2.66. The van der Waals surface area contributed by atoms with Gasteiger partial charge in [0.15, 0.2) is 0 Å². The number of rotatable bonds is 2. The third-order valence-electron chi connectivity index (χ3n) is 2.13. The molecule has 1 aliphatic rings. The highest BCUT2D eigenvalue weighted by atomic mass is 16.8. The summed E-state index contributed by atoms with van der Waals surface area (Å²) in [6.07, 6.45) is -1.33. The molecular weight excluding hydrogens is 220 g/mol. The first kappa shape index (κ1) is 12.6. The van der Waals surface area contributed by atoms with Crippen LogP contribution >= 0.6 is 0 Å². The van der Waals surface area contributed by atoms with Gasteiger partial charge in [-0.05, 0) is 0 Å². The Morgan fingerprint density at radius 3 is 1.81 bits per heavy atom. The van der Waals surface area contributed by atoms with Crippen molar-refractivity contribution >= 4 is 12.3 Å². The first-order valence-electron chi connectivity index (χ1n) is 4.73. The van der Waals surface area contributed by atoms with Crippen LogP contribution in [0, 0.1) is 0 Å².